The van der Waals surface area contributed by atoms with Gasteiger partial charge in [0, 0.05) is 19.8 Å². The highest BCUT2D eigenvalue weighted by Crippen LogP contribution is 2.38. The highest BCUT2D eigenvalue weighted by atomic mass is 16.5. The van der Waals surface area contributed by atoms with E-state index in [9.17, 15) is 0 Å². The predicted octanol–water partition coefficient (Wildman–Crippen LogP) is 3.22. The van der Waals surface area contributed by atoms with Gasteiger partial charge in [0.25, 0.3) is 0 Å². The molecule has 0 spiro atoms. The van der Waals surface area contributed by atoms with Gasteiger partial charge in [-0.3, -0.25) is 0 Å². The van der Waals surface area contributed by atoms with E-state index in [1.165, 1.54) is 38.6 Å². The fraction of sp³-hybridized carbons (Fsp3) is 1.00. The lowest BCUT2D eigenvalue weighted by atomic mass is 9.72. The summed E-state index contributed by atoms with van der Waals surface area (Å²) >= 11 is 0. The molecular formula is C14H29NO. The van der Waals surface area contributed by atoms with Crippen molar-refractivity contribution in [3.8, 4) is 0 Å². The lowest BCUT2D eigenvalue weighted by molar-refractivity contribution is 0.00166. The van der Waals surface area contributed by atoms with Crippen molar-refractivity contribution < 1.29 is 4.74 Å². The number of rotatable bonds is 7. The molecule has 0 atom stereocenters. The van der Waals surface area contributed by atoms with Crippen LogP contribution in [0.1, 0.15) is 52.9 Å². The van der Waals surface area contributed by atoms with Gasteiger partial charge in [-0.15, -0.1) is 0 Å². The Kier molecular flexibility index (Phi) is 6.37. The first-order valence-corrected chi connectivity index (χ1v) is 7.04. The first kappa shape index (κ1) is 14.0. The monoisotopic (exact) mass is 227 g/mol. The first-order valence-electron chi connectivity index (χ1n) is 7.04. The Balaban J connectivity index is 2.54. The molecule has 2 heteroatoms. The summed E-state index contributed by atoms with van der Waals surface area (Å²) in [6, 6.07) is 0. The van der Waals surface area contributed by atoms with Crippen molar-refractivity contribution in [3.63, 3.8) is 0 Å². The zero-order valence-electron chi connectivity index (χ0n) is 11.3. The summed E-state index contributed by atoms with van der Waals surface area (Å²) < 4.78 is 5.53. The van der Waals surface area contributed by atoms with E-state index in [0.29, 0.717) is 5.41 Å². The Bertz CT molecular complexity index is 172. The van der Waals surface area contributed by atoms with Gasteiger partial charge in [0.15, 0.2) is 0 Å². The minimum atomic E-state index is 0.519. The third-order valence-corrected chi connectivity index (χ3v) is 4.18. The minimum absolute atomic E-state index is 0.519. The molecule has 0 aromatic heterocycles. The van der Waals surface area contributed by atoms with E-state index in [1.54, 1.807) is 0 Å². The fourth-order valence-electron chi connectivity index (χ4n) is 2.84. The van der Waals surface area contributed by atoms with Crippen LogP contribution in [-0.4, -0.2) is 26.3 Å². The molecule has 1 N–H and O–H groups in total. The molecule has 1 fully saturated rings. The van der Waals surface area contributed by atoms with Crippen molar-refractivity contribution in [2.24, 2.45) is 11.3 Å². The SMILES string of the molecule is CCNCC1(CC(CC)CC)CCOCC1. The Hall–Kier alpha value is -0.0800. The van der Waals surface area contributed by atoms with Gasteiger partial charge in [-0.1, -0.05) is 33.6 Å². The van der Waals surface area contributed by atoms with Crippen molar-refractivity contribution in [3.05, 3.63) is 0 Å². The van der Waals surface area contributed by atoms with Crippen LogP contribution >= 0.6 is 0 Å². The summed E-state index contributed by atoms with van der Waals surface area (Å²) in [6.07, 6.45) is 6.53. The second-order valence-corrected chi connectivity index (χ2v) is 5.28. The first-order chi connectivity index (χ1) is 7.76. The fourth-order valence-corrected chi connectivity index (χ4v) is 2.84. The molecule has 0 aromatic carbocycles. The van der Waals surface area contributed by atoms with Crippen LogP contribution in [0, 0.1) is 11.3 Å². The molecule has 0 bridgehead atoms. The van der Waals surface area contributed by atoms with Crippen molar-refractivity contribution in [2.45, 2.75) is 52.9 Å². The van der Waals surface area contributed by atoms with E-state index in [4.69, 9.17) is 4.74 Å². The zero-order chi connectivity index (χ0) is 11.9. The summed E-state index contributed by atoms with van der Waals surface area (Å²) in [5, 5.41) is 3.56. The quantitative estimate of drug-likeness (QED) is 0.721. The molecule has 0 radical (unpaired) electrons. The van der Waals surface area contributed by atoms with Crippen LogP contribution in [0.2, 0.25) is 0 Å². The second kappa shape index (κ2) is 7.29. The average Bonchev–Trinajstić information content (AvgIpc) is 2.35. The van der Waals surface area contributed by atoms with Crippen molar-refractivity contribution in [1.29, 1.82) is 0 Å². The summed E-state index contributed by atoms with van der Waals surface area (Å²) in [4.78, 5) is 0. The molecule has 2 nitrogen and oxygen atoms in total. The Labute approximate surface area is 101 Å². The van der Waals surface area contributed by atoms with E-state index in [-0.39, 0.29) is 0 Å². The molecule has 0 amide bonds. The normalized spacial score (nSPS) is 20.2. The Morgan fingerprint density at radius 3 is 2.25 bits per heavy atom. The molecule has 0 aliphatic carbocycles. The van der Waals surface area contributed by atoms with E-state index >= 15 is 0 Å². The molecule has 16 heavy (non-hydrogen) atoms. The van der Waals surface area contributed by atoms with Crippen LogP contribution < -0.4 is 5.32 Å². The van der Waals surface area contributed by atoms with E-state index in [0.717, 1.165) is 25.7 Å². The number of hydrogen-bond donors (Lipinski definition) is 1. The zero-order valence-corrected chi connectivity index (χ0v) is 11.3. The molecule has 1 saturated heterocycles. The lowest BCUT2D eigenvalue weighted by Gasteiger charge is -2.40. The van der Waals surface area contributed by atoms with E-state index in [1.807, 2.05) is 0 Å². The predicted molar refractivity (Wildman–Crippen MR) is 69.7 cm³/mol. The van der Waals surface area contributed by atoms with Crippen LogP contribution in [0.15, 0.2) is 0 Å². The van der Waals surface area contributed by atoms with Crippen LogP contribution in [0.25, 0.3) is 0 Å². The van der Waals surface area contributed by atoms with Crippen LogP contribution in [0.4, 0.5) is 0 Å². The van der Waals surface area contributed by atoms with Gasteiger partial charge in [0.05, 0.1) is 0 Å². The summed E-state index contributed by atoms with van der Waals surface area (Å²) in [5.41, 5.74) is 0.519. The minimum Gasteiger partial charge on any atom is -0.381 e. The molecule has 0 unspecified atom stereocenters. The van der Waals surface area contributed by atoms with Gasteiger partial charge in [0.1, 0.15) is 0 Å². The van der Waals surface area contributed by atoms with Crippen molar-refractivity contribution in [2.75, 3.05) is 26.3 Å². The van der Waals surface area contributed by atoms with Crippen LogP contribution in [0.3, 0.4) is 0 Å². The number of nitrogens with one attached hydrogen (secondary N) is 1. The molecule has 0 aromatic rings. The summed E-state index contributed by atoms with van der Waals surface area (Å²) in [6.45, 7) is 11.1. The van der Waals surface area contributed by atoms with Crippen LogP contribution in [-0.2, 0) is 4.74 Å². The van der Waals surface area contributed by atoms with Gasteiger partial charge in [-0.05, 0) is 37.1 Å². The van der Waals surface area contributed by atoms with Gasteiger partial charge in [0.2, 0.25) is 0 Å². The third-order valence-electron chi connectivity index (χ3n) is 4.18. The van der Waals surface area contributed by atoms with Gasteiger partial charge >= 0.3 is 0 Å². The molecule has 96 valence electrons. The van der Waals surface area contributed by atoms with Gasteiger partial charge in [-0.2, -0.15) is 0 Å². The standard InChI is InChI=1S/C14H29NO/c1-4-13(5-2)11-14(12-15-6-3)7-9-16-10-8-14/h13,15H,4-12H2,1-3H3. The lowest BCUT2D eigenvalue weighted by Crippen LogP contribution is -2.40. The van der Waals surface area contributed by atoms with Crippen molar-refractivity contribution >= 4 is 0 Å². The van der Waals surface area contributed by atoms with E-state index in [2.05, 4.69) is 26.1 Å². The maximum absolute atomic E-state index is 5.53. The van der Waals surface area contributed by atoms with E-state index < -0.39 is 0 Å². The highest BCUT2D eigenvalue weighted by Gasteiger charge is 2.33. The molecule has 0 saturated carbocycles. The summed E-state index contributed by atoms with van der Waals surface area (Å²) in [7, 11) is 0. The summed E-state index contributed by atoms with van der Waals surface area (Å²) in [5.74, 6) is 0.900. The second-order valence-electron chi connectivity index (χ2n) is 5.28. The van der Waals surface area contributed by atoms with Crippen molar-refractivity contribution in [1.82, 2.24) is 5.32 Å². The Morgan fingerprint density at radius 1 is 1.12 bits per heavy atom. The smallest absolute Gasteiger partial charge is 0.0471 e. The molecule has 1 heterocycles. The maximum Gasteiger partial charge on any atom is 0.0471 e. The Morgan fingerprint density at radius 2 is 1.75 bits per heavy atom. The number of hydrogen-bond acceptors (Lipinski definition) is 2. The van der Waals surface area contributed by atoms with Gasteiger partial charge < -0.3 is 10.1 Å². The van der Waals surface area contributed by atoms with Gasteiger partial charge in [-0.25, -0.2) is 0 Å². The largest absolute Gasteiger partial charge is 0.381 e. The maximum atomic E-state index is 5.53. The number of ether oxygens (including phenoxy) is 1. The molecule has 1 aliphatic rings. The molecule has 1 aliphatic heterocycles. The van der Waals surface area contributed by atoms with Crippen LogP contribution in [0.5, 0.6) is 0 Å². The molecule has 1 rings (SSSR count). The average molecular weight is 227 g/mol. The topological polar surface area (TPSA) is 21.3 Å². The highest BCUT2D eigenvalue weighted by molar-refractivity contribution is 4.85. The molecular weight excluding hydrogens is 198 g/mol. The third kappa shape index (κ3) is 4.06.